The van der Waals surface area contributed by atoms with Crippen molar-refractivity contribution in [3.63, 3.8) is 0 Å². The van der Waals surface area contributed by atoms with Crippen molar-refractivity contribution in [3.05, 3.63) is 53.1 Å². The molecule has 29 heavy (non-hydrogen) atoms. The Bertz CT molecular complexity index is 996. The van der Waals surface area contributed by atoms with Crippen molar-refractivity contribution in [2.24, 2.45) is 0 Å². The lowest BCUT2D eigenvalue weighted by molar-refractivity contribution is 0.109. The predicted octanol–water partition coefficient (Wildman–Crippen LogP) is 4.31. The van der Waals surface area contributed by atoms with Gasteiger partial charge in [-0.25, -0.2) is 8.42 Å². The van der Waals surface area contributed by atoms with E-state index in [-0.39, 0.29) is 17.4 Å². The van der Waals surface area contributed by atoms with Crippen LogP contribution in [0.2, 0.25) is 0 Å². The molecule has 0 amide bonds. The Morgan fingerprint density at radius 1 is 1.10 bits per heavy atom. The summed E-state index contributed by atoms with van der Waals surface area (Å²) in [7, 11) is -3.19. The van der Waals surface area contributed by atoms with Gasteiger partial charge in [-0.1, -0.05) is 12.1 Å². The van der Waals surface area contributed by atoms with Crippen LogP contribution in [0.25, 0.3) is 0 Å². The average Bonchev–Trinajstić information content (AvgIpc) is 3.05. The highest BCUT2D eigenvalue weighted by molar-refractivity contribution is 7.90. The van der Waals surface area contributed by atoms with Gasteiger partial charge in [-0.2, -0.15) is 0 Å². The van der Waals surface area contributed by atoms with Crippen molar-refractivity contribution in [1.82, 2.24) is 4.90 Å². The number of phenols is 1. The van der Waals surface area contributed by atoms with Crippen LogP contribution in [0.15, 0.2) is 41.3 Å². The molecule has 0 aromatic heterocycles. The van der Waals surface area contributed by atoms with E-state index in [1.165, 1.54) is 11.8 Å². The van der Waals surface area contributed by atoms with Gasteiger partial charge in [0.25, 0.3) is 0 Å². The summed E-state index contributed by atoms with van der Waals surface area (Å²) in [5.74, 6) is 0.690. The minimum Gasteiger partial charge on any atom is -0.504 e. The standard InChI is InChI=1S/C23H31NO4S/c1-16(2)28-22-12-17(6-9-21(22)25)10-11-23(3,4)24-14-18-7-8-20(29(5,26)27)13-19(18)15-24/h6-9,12-13,16,25H,10-11,14-15H2,1-5H3. The van der Waals surface area contributed by atoms with Gasteiger partial charge in [-0.3, -0.25) is 4.90 Å². The Labute approximate surface area is 174 Å². The molecule has 6 heteroatoms. The first-order chi connectivity index (χ1) is 13.5. The van der Waals surface area contributed by atoms with Gasteiger partial charge in [0.2, 0.25) is 0 Å². The van der Waals surface area contributed by atoms with Crippen molar-refractivity contribution < 1.29 is 18.3 Å². The Hall–Kier alpha value is -2.05. The number of aromatic hydroxyl groups is 1. The van der Waals surface area contributed by atoms with Crippen LogP contribution in [0.5, 0.6) is 11.5 Å². The molecular formula is C23H31NO4S. The lowest BCUT2D eigenvalue weighted by atomic mass is 9.93. The fraction of sp³-hybridized carbons (Fsp3) is 0.478. The zero-order valence-corrected chi connectivity index (χ0v) is 18.7. The van der Waals surface area contributed by atoms with Gasteiger partial charge in [-0.05, 0) is 81.5 Å². The number of hydrogen-bond donors (Lipinski definition) is 1. The number of fused-ring (bicyclic) bond motifs is 1. The number of hydrogen-bond acceptors (Lipinski definition) is 5. The number of ether oxygens (including phenoxy) is 1. The number of benzene rings is 2. The molecule has 1 aliphatic rings. The van der Waals surface area contributed by atoms with Crippen molar-refractivity contribution in [2.45, 2.75) is 70.2 Å². The van der Waals surface area contributed by atoms with E-state index in [0.717, 1.165) is 37.1 Å². The monoisotopic (exact) mass is 417 g/mol. The number of sulfone groups is 1. The first-order valence-corrected chi connectivity index (χ1v) is 11.9. The topological polar surface area (TPSA) is 66.8 Å². The molecule has 0 aliphatic carbocycles. The summed E-state index contributed by atoms with van der Waals surface area (Å²) in [5, 5.41) is 9.99. The first kappa shape index (κ1) is 21.7. The second kappa shape index (κ2) is 8.00. The van der Waals surface area contributed by atoms with E-state index in [9.17, 15) is 13.5 Å². The Morgan fingerprint density at radius 3 is 2.45 bits per heavy atom. The maximum absolute atomic E-state index is 11.8. The highest BCUT2D eigenvalue weighted by atomic mass is 32.2. The molecular weight excluding hydrogens is 386 g/mol. The van der Waals surface area contributed by atoms with Gasteiger partial charge in [0.05, 0.1) is 11.0 Å². The van der Waals surface area contributed by atoms with E-state index in [1.807, 2.05) is 38.1 Å². The molecule has 0 saturated heterocycles. The molecule has 0 bridgehead atoms. The molecule has 1 N–H and O–H groups in total. The van der Waals surface area contributed by atoms with E-state index in [4.69, 9.17) is 4.74 Å². The summed E-state index contributed by atoms with van der Waals surface area (Å²) in [6.45, 7) is 9.90. The smallest absolute Gasteiger partial charge is 0.175 e. The minimum absolute atomic E-state index is 0.00696. The molecule has 5 nitrogen and oxygen atoms in total. The van der Waals surface area contributed by atoms with Crippen molar-refractivity contribution in [2.75, 3.05) is 6.26 Å². The molecule has 0 saturated carbocycles. The quantitative estimate of drug-likeness (QED) is 0.727. The third-order valence-electron chi connectivity index (χ3n) is 5.60. The zero-order chi connectivity index (χ0) is 21.4. The van der Waals surface area contributed by atoms with Gasteiger partial charge < -0.3 is 9.84 Å². The Balaban J connectivity index is 1.69. The number of rotatable bonds is 7. The summed E-state index contributed by atoms with van der Waals surface area (Å²) < 4.78 is 29.4. The summed E-state index contributed by atoms with van der Waals surface area (Å²) in [4.78, 5) is 2.79. The van der Waals surface area contributed by atoms with Crippen LogP contribution in [0.4, 0.5) is 0 Å². The van der Waals surface area contributed by atoms with Crippen LogP contribution in [0.1, 0.15) is 50.8 Å². The van der Waals surface area contributed by atoms with Crippen LogP contribution in [-0.2, 0) is 29.3 Å². The normalized spacial score (nSPS) is 15.0. The Morgan fingerprint density at radius 2 is 1.79 bits per heavy atom. The van der Waals surface area contributed by atoms with Crippen LogP contribution < -0.4 is 4.74 Å². The van der Waals surface area contributed by atoms with Gasteiger partial charge in [0.15, 0.2) is 21.3 Å². The summed E-state index contributed by atoms with van der Waals surface area (Å²) in [6.07, 6.45) is 3.06. The van der Waals surface area contributed by atoms with Crippen LogP contribution >= 0.6 is 0 Å². The molecule has 2 aromatic rings. The van der Waals surface area contributed by atoms with Crippen molar-refractivity contribution >= 4 is 9.84 Å². The number of aryl methyl sites for hydroxylation is 1. The van der Waals surface area contributed by atoms with Gasteiger partial charge in [0.1, 0.15) is 0 Å². The lowest BCUT2D eigenvalue weighted by Gasteiger charge is -2.35. The highest BCUT2D eigenvalue weighted by Crippen LogP contribution is 2.34. The fourth-order valence-corrected chi connectivity index (χ4v) is 4.37. The van der Waals surface area contributed by atoms with Crippen molar-refractivity contribution in [1.29, 1.82) is 0 Å². The second-order valence-corrected chi connectivity index (χ2v) is 10.9. The molecule has 3 rings (SSSR count). The lowest BCUT2D eigenvalue weighted by Crippen LogP contribution is -2.40. The fourth-order valence-electron chi connectivity index (χ4n) is 3.70. The van der Waals surface area contributed by atoms with E-state index in [2.05, 4.69) is 18.7 Å². The summed E-state index contributed by atoms with van der Waals surface area (Å²) in [6, 6.07) is 11.0. The van der Waals surface area contributed by atoms with E-state index in [1.54, 1.807) is 12.1 Å². The largest absolute Gasteiger partial charge is 0.504 e. The van der Waals surface area contributed by atoms with Gasteiger partial charge in [-0.15, -0.1) is 0 Å². The Kier molecular flexibility index (Phi) is 5.97. The molecule has 0 radical (unpaired) electrons. The third-order valence-corrected chi connectivity index (χ3v) is 6.71. The molecule has 0 atom stereocenters. The highest BCUT2D eigenvalue weighted by Gasteiger charge is 2.32. The molecule has 1 aliphatic heterocycles. The molecule has 0 spiro atoms. The maximum Gasteiger partial charge on any atom is 0.175 e. The molecule has 2 aromatic carbocycles. The molecule has 158 valence electrons. The van der Waals surface area contributed by atoms with E-state index < -0.39 is 9.84 Å². The van der Waals surface area contributed by atoms with E-state index in [0.29, 0.717) is 10.6 Å². The second-order valence-electron chi connectivity index (χ2n) is 8.84. The SMILES string of the molecule is CC(C)Oc1cc(CCC(C)(C)N2Cc3ccc(S(C)(=O)=O)cc3C2)ccc1O. The van der Waals surface area contributed by atoms with Gasteiger partial charge in [0, 0.05) is 24.9 Å². The van der Waals surface area contributed by atoms with E-state index >= 15 is 0 Å². The first-order valence-electron chi connectivity index (χ1n) is 10.0. The maximum atomic E-state index is 11.8. The minimum atomic E-state index is -3.19. The van der Waals surface area contributed by atoms with Crippen LogP contribution in [-0.4, -0.2) is 36.3 Å². The molecule has 0 fully saturated rings. The average molecular weight is 418 g/mol. The summed E-state index contributed by atoms with van der Waals surface area (Å²) in [5.41, 5.74) is 3.37. The zero-order valence-electron chi connectivity index (χ0n) is 17.9. The number of nitrogens with zero attached hydrogens (tertiary/aromatic N) is 1. The summed E-state index contributed by atoms with van der Waals surface area (Å²) >= 11 is 0. The third kappa shape index (κ3) is 5.11. The van der Waals surface area contributed by atoms with Crippen LogP contribution in [0, 0.1) is 0 Å². The molecule has 1 heterocycles. The predicted molar refractivity (Wildman–Crippen MR) is 115 cm³/mol. The van der Waals surface area contributed by atoms with Crippen molar-refractivity contribution in [3.8, 4) is 11.5 Å². The van der Waals surface area contributed by atoms with Gasteiger partial charge >= 0.3 is 0 Å². The van der Waals surface area contributed by atoms with Crippen LogP contribution in [0.3, 0.4) is 0 Å². The number of phenolic OH excluding ortho intramolecular Hbond substituents is 1. The molecule has 0 unspecified atom stereocenters.